The van der Waals surface area contributed by atoms with Crippen LogP contribution in [0.3, 0.4) is 0 Å². The number of hydrogen-bond donors (Lipinski definition) is 3. The summed E-state index contributed by atoms with van der Waals surface area (Å²) in [6.45, 7) is 18.7. The molecule has 2 aliphatic heterocycles. The fraction of sp³-hybridized carbons (Fsp3) is 0.767. The van der Waals surface area contributed by atoms with E-state index in [1.54, 1.807) is 0 Å². The third-order valence-corrected chi connectivity index (χ3v) is 13.1. The molecule has 2 saturated heterocycles. The summed E-state index contributed by atoms with van der Waals surface area (Å²) in [5.41, 5.74) is 1.09. The molecule has 3 rings (SSSR count). The van der Waals surface area contributed by atoms with Gasteiger partial charge in [0.05, 0.1) is 31.3 Å². The number of nitrogens with one attached hydrogen (secondary N) is 2. The van der Waals surface area contributed by atoms with Gasteiger partial charge in [0.25, 0.3) is 0 Å². The number of rotatable bonds is 14. The first-order valence-electron chi connectivity index (χ1n) is 14.5. The van der Waals surface area contributed by atoms with Crippen LogP contribution in [0.5, 0.6) is 0 Å². The van der Waals surface area contributed by atoms with E-state index in [4.69, 9.17) is 18.6 Å². The summed E-state index contributed by atoms with van der Waals surface area (Å²) in [7, 11) is -1.73. The van der Waals surface area contributed by atoms with E-state index in [1.165, 1.54) is 0 Å². The molecule has 39 heavy (non-hydrogen) atoms. The average molecular weight is 565 g/mol. The Morgan fingerprint density at radius 3 is 2.56 bits per heavy atom. The molecule has 1 amide bonds. The summed E-state index contributed by atoms with van der Waals surface area (Å²) in [5.74, 6) is 0.0735. The van der Waals surface area contributed by atoms with Gasteiger partial charge in [-0.05, 0) is 54.8 Å². The van der Waals surface area contributed by atoms with Gasteiger partial charge in [0.15, 0.2) is 14.6 Å². The van der Waals surface area contributed by atoms with Gasteiger partial charge in [-0.1, -0.05) is 65.0 Å². The number of amides is 1. The summed E-state index contributed by atoms with van der Waals surface area (Å²) < 4.78 is 23.2. The van der Waals surface area contributed by atoms with E-state index >= 15 is 0 Å². The number of alkyl carbamates (subject to hydrolysis) is 1. The number of aliphatic hydroxyl groups is 1. The monoisotopic (exact) mass is 564 g/mol. The van der Waals surface area contributed by atoms with E-state index in [9.17, 15) is 9.90 Å². The zero-order chi connectivity index (χ0) is 28.7. The molecule has 0 aliphatic carbocycles. The largest absolute Gasteiger partial charge is 0.443 e. The lowest BCUT2D eigenvalue weighted by atomic mass is 9.88. The molecule has 0 spiro atoms. The zero-order valence-electron chi connectivity index (χ0n) is 25.1. The molecular weight excluding hydrogens is 512 g/mol. The number of ether oxygens (including phenoxy) is 3. The summed E-state index contributed by atoms with van der Waals surface area (Å²) in [6.07, 6.45) is 1.44. The van der Waals surface area contributed by atoms with Crippen molar-refractivity contribution in [2.24, 2.45) is 11.3 Å². The maximum Gasteiger partial charge on any atom is 0.407 e. The van der Waals surface area contributed by atoms with Crippen molar-refractivity contribution in [3.8, 4) is 0 Å². The van der Waals surface area contributed by atoms with E-state index < -0.39 is 26.6 Å². The van der Waals surface area contributed by atoms with Crippen LogP contribution in [-0.4, -0.2) is 77.0 Å². The summed E-state index contributed by atoms with van der Waals surface area (Å²) >= 11 is 0. The molecule has 2 aliphatic rings. The van der Waals surface area contributed by atoms with Crippen LogP contribution < -0.4 is 10.6 Å². The highest BCUT2D eigenvalue weighted by Crippen LogP contribution is 2.37. The lowest BCUT2D eigenvalue weighted by molar-refractivity contribution is -0.0907. The van der Waals surface area contributed by atoms with Crippen molar-refractivity contribution in [3.63, 3.8) is 0 Å². The highest BCUT2D eigenvalue weighted by molar-refractivity contribution is 6.74. The van der Waals surface area contributed by atoms with Crippen molar-refractivity contribution >= 4 is 14.4 Å². The summed E-state index contributed by atoms with van der Waals surface area (Å²) in [5, 5.41) is 17.7. The summed E-state index contributed by atoms with van der Waals surface area (Å²) in [4.78, 5) is 12.8. The molecule has 8 nitrogen and oxygen atoms in total. The van der Waals surface area contributed by atoms with Gasteiger partial charge in [-0.15, -0.1) is 0 Å². The smallest absolute Gasteiger partial charge is 0.407 e. The van der Waals surface area contributed by atoms with Crippen molar-refractivity contribution in [2.75, 3.05) is 32.9 Å². The molecule has 9 heteroatoms. The predicted octanol–water partition coefficient (Wildman–Crippen LogP) is 4.86. The number of hydrogen-bond acceptors (Lipinski definition) is 7. The maximum atomic E-state index is 12.8. The molecule has 2 fully saturated rings. The number of carbonyl (C=O) groups excluding carboxylic acids is 1. The van der Waals surface area contributed by atoms with Crippen LogP contribution in [0.2, 0.25) is 18.1 Å². The molecule has 5 atom stereocenters. The summed E-state index contributed by atoms with van der Waals surface area (Å²) in [6, 6.07) is 9.39. The number of fused-ring (bicyclic) bond motifs is 1. The average Bonchev–Trinajstić information content (AvgIpc) is 3.46. The molecule has 1 aromatic carbocycles. The Kier molecular flexibility index (Phi) is 11.4. The standard InChI is InChI=1S/C30H52N2O6Si/c1-29(2,3)39(6,7)37-16-11-15-30(4,5)21-31-19-25(33)24(18-22-12-9-8-10-13-22)32-28(34)38-26-20-36-27-23(26)14-17-35-27/h8-10,12-13,23-27,31,33H,11,14-21H2,1-7H3,(H,32,34)/t23-,24-,25+,26-,27+/m0/s1. The molecule has 3 N–H and O–H groups in total. The Hall–Kier alpha value is -1.49. The molecule has 2 heterocycles. The first kappa shape index (κ1) is 32.0. The minimum absolute atomic E-state index is 0.0557. The second-order valence-electron chi connectivity index (χ2n) is 13.5. The third-order valence-electron chi connectivity index (χ3n) is 8.53. The Labute approximate surface area is 236 Å². The van der Waals surface area contributed by atoms with Gasteiger partial charge < -0.3 is 34.4 Å². The minimum atomic E-state index is -1.73. The molecular formula is C30H52N2O6Si. The molecule has 1 aromatic rings. The van der Waals surface area contributed by atoms with Crippen LogP contribution in [0.15, 0.2) is 30.3 Å². The van der Waals surface area contributed by atoms with Gasteiger partial charge in [-0.25, -0.2) is 4.79 Å². The second kappa shape index (κ2) is 13.9. The molecule has 0 aromatic heterocycles. The molecule has 0 saturated carbocycles. The quantitative estimate of drug-likeness (QED) is 0.219. The Balaban J connectivity index is 1.47. The first-order chi connectivity index (χ1) is 18.3. The topological polar surface area (TPSA) is 98.3 Å². The van der Waals surface area contributed by atoms with Crippen molar-refractivity contribution < 1.29 is 28.5 Å². The van der Waals surface area contributed by atoms with Gasteiger partial charge in [-0.3, -0.25) is 0 Å². The van der Waals surface area contributed by atoms with Crippen molar-refractivity contribution in [1.29, 1.82) is 0 Å². The van der Waals surface area contributed by atoms with Gasteiger partial charge in [-0.2, -0.15) is 0 Å². The van der Waals surface area contributed by atoms with Crippen LogP contribution in [0.4, 0.5) is 4.79 Å². The number of aliphatic hydroxyl groups excluding tert-OH is 1. The first-order valence-corrected chi connectivity index (χ1v) is 17.5. The zero-order valence-corrected chi connectivity index (χ0v) is 26.1. The van der Waals surface area contributed by atoms with Crippen LogP contribution in [0, 0.1) is 11.3 Å². The van der Waals surface area contributed by atoms with Gasteiger partial charge >= 0.3 is 6.09 Å². The van der Waals surface area contributed by atoms with Gasteiger partial charge in [0, 0.05) is 19.7 Å². The fourth-order valence-electron chi connectivity index (χ4n) is 4.91. The van der Waals surface area contributed by atoms with E-state index in [2.05, 4.69) is 58.3 Å². The van der Waals surface area contributed by atoms with E-state index in [0.29, 0.717) is 26.2 Å². The molecule has 222 valence electrons. The normalized spacial score (nSPS) is 23.3. The molecule has 0 bridgehead atoms. The Morgan fingerprint density at radius 2 is 1.87 bits per heavy atom. The second-order valence-corrected chi connectivity index (χ2v) is 18.3. The highest BCUT2D eigenvalue weighted by Gasteiger charge is 2.44. The lowest BCUT2D eigenvalue weighted by Gasteiger charge is -2.36. The number of benzene rings is 1. The highest BCUT2D eigenvalue weighted by atomic mass is 28.4. The van der Waals surface area contributed by atoms with Crippen LogP contribution >= 0.6 is 0 Å². The number of carbonyl (C=O) groups is 1. The fourth-order valence-corrected chi connectivity index (χ4v) is 5.99. The Morgan fingerprint density at radius 1 is 1.15 bits per heavy atom. The third kappa shape index (κ3) is 9.83. The van der Waals surface area contributed by atoms with Crippen LogP contribution in [0.25, 0.3) is 0 Å². The van der Waals surface area contributed by atoms with E-state index in [-0.39, 0.29) is 28.8 Å². The lowest BCUT2D eigenvalue weighted by Crippen LogP contribution is -2.50. The maximum absolute atomic E-state index is 12.8. The van der Waals surface area contributed by atoms with Crippen LogP contribution in [-0.2, 0) is 25.1 Å². The van der Waals surface area contributed by atoms with E-state index in [0.717, 1.165) is 38.0 Å². The van der Waals surface area contributed by atoms with Crippen molar-refractivity contribution in [1.82, 2.24) is 10.6 Å². The van der Waals surface area contributed by atoms with Gasteiger partial charge in [0.2, 0.25) is 0 Å². The Bertz CT molecular complexity index is 891. The predicted molar refractivity (Wildman–Crippen MR) is 156 cm³/mol. The van der Waals surface area contributed by atoms with Crippen molar-refractivity contribution in [2.45, 2.75) is 103 Å². The van der Waals surface area contributed by atoms with Gasteiger partial charge in [0.1, 0.15) is 6.10 Å². The molecule has 0 radical (unpaired) electrons. The minimum Gasteiger partial charge on any atom is -0.443 e. The molecule has 0 unspecified atom stereocenters. The van der Waals surface area contributed by atoms with E-state index in [1.807, 2.05) is 30.3 Å². The SMILES string of the molecule is CC(C)(CCCO[Si](C)(C)C(C)(C)C)CNC[C@@H](O)[C@H](Cc1ccccc1)NC(=O)O[C@H]1CO[C@H]2OCC[C@H]21. The van der Waals surface area contributed by atoms with Crippen molar-refractivity contribution in [3.05, 3.63) is 35.9 Å². The van der Waals surface area contributed by atoms with Crippen LogP contribution in [0.1, 0.15) is 59.4 Å².